The summed E-state index contributed by atoms with van der Waals surface area (Å²) in [5.74, 6) is 0.0865. The SMILES string of the molecule is COc1ccc(CCNC(=O)CSc2nc3ccccc3c(=O)n2-c2ccccc2F)cc1. The summed E-state index contributed by atoms with van der Waals surface area (Å²) >= 11 is 1.10. The molecule has 33 heavy (non-hydrogen) atoms. The summed E-state index contributed by atoms with van der Waals surface area (Å²) in [5.41, 5.74) is 1.29. The number of amides is 1. The van der Waals surface area contributed by atoms with Crippen molar-refractivity contribution in [3.63, 3.8) is 0 Å². The van der Waals surface area contributed by atoms with E-state index in [1.807, 2.05) is 24.3 Å². The first-order valence-electron chi connectivity index (χ1n) is 10.4. The number of thioether (sulfide) groups is 1. The van der Waals surface area contributed by atoms with E-state index in [9.17, 15) is 14.0 Å². The van der Waals surface area contributed by atoms with Crippen molar-refractivity contribution in [2.75, 3.05) is 19.4 Å². The third-order valence-corrected chi connectivity index (χ3v) is 6.00. The van der Waals surface area contributed by atoms with Gasteiger partial charge in [-0.25, -0.2) is 9.37 Å². The van der Waals surface area contributed by atoms with E-state index in [1.54, 1.807) is 43.5 Å². The number of halogens is 1. The van der Waals surface area contributed by atoms with E-state index < -0.39 is 5.82 Å². The number of ether oxygens (including phenoxy) is 1. The summed E-state index contributed by atoms with van der Waals surface area (Å²) in [7, 11) is 1.61. The van der Waals surface area contributed by atoms with E-state index >= 15 is 0 Å². The third-order valence-electron chi connectivity index (χ3n) is 5.07. The van der Waals surface area contributed by atoms with Gasteiger partial charge < -0.3 is 10.1 Å². The predicted molar refractivity (Wildman–Crippen MR) is 128 cm³/mol. The highest BCUT2D eigenvalue weighted by Crippen LogP contribution is 2.22. The molecule has 1 N–H and O–H groups in total. The Morgan fingerprint density at radius 2 is 1.79 bits per heavy atom. The van der Waals surface area contributed by atoms with Crippen LogP contribution in [-0.4, -0.2) is 34.9 Å². The molecule has 6 nitrogen and oxygen atoms in total. The summed E-state index contributed by atoms with van der Waals surface area (Å²) in [6, 6.07) is 20.6. The molecule has 1 aromatic heterocycles. The lowest BCUT2D eigenvalue weighted by Gasteiger charge is -2.14. The maximum atomic E-state index is 14.5. The van der Waals surface area contributed by atoms with Crippen LogP contribution in [0, 0.1) is 5.82 Å². The van der Waals surface area contributed by atoms with Crippen LogP contribution < -0.4 is 15.6 Å². The van der Waals surface area contributed by atoms with Gasteiger partial charge in [-0.2, -0.15) is 0 Å². The van der Waals surface area contributed by atoms with Crippen molar-refractivity contribution in [2.24, 2.45) is 0 Å². The number of benzene rings is 3. The Morgan fingerprint density at radius 1 is 1.06 bits per heavy atom. The number of fused-ring (bicyclic) bond motifs is 1. The quantitative estimate of drug-likeness (QED) is 0.316. The van der Waals surface area contributed by atoms with Crippen molar-refractivity contribution >= 4 is 28.6 Å². The molecule has 0 aliphatic rings. The Hall–Kier alpha value is -3.65. The number of nitrogens with zero attached hydrogens (tertiary/aromatic N) is 2. The number of methoxy groups -OCH3 is 1. The Balaban J connectivity index is 1.49. The molecular weight excluding hydrogens is 441 g/mol. The molecule has 0 aliphatic carbocycles. The monoisotopic (exact) mass is 463 g/mol. The molecule has 0 radical (unpaired) electrons. The number of rotatable bonds is 8. The second-order valence-corrected chi connectivity index (χ2v) is 8.18. The van der Waals surface area contributed by atoms with Gasteiger partial charge in [-0.15, -0.1) is 0 Å². The Morgan fingerprint density at radius 3 is 2.55 bits per heavy atom. The van der Waals surface area contributed by atoms with E-state index in [0.29, 0.717) is 23.9 Å². The number of carbonyl (C=O) groups excluding carboxylic acids is 1. The van der Waals surface area contributed by atoms with Crippen LogP contribution in [0.3, 0.4) is 0 Å². The van der Waals surface area contributed by atoms with Gasteiger partial charge in [-0.1, -0.05) is 48.2 Å². The zero-order valence-corrected chi connectivity index (χ0v) is 18.8. The normalized spacial score (nSPS) is 10.8. The van der Waals surface area contributed by atoms with Crippen LogP contribution in [-0.2, 0) is 11.2 Å². The second kappa shape index (κ2) is 10.3. The average molecular weight is 464 g/mol. The molecule has 0 aliphatic heterocycles. The van der Waals surface area contributed by atoms with Crippen molar-refractivity contribution in [1.82, 2.24) is 14.9 Å². The highest BCUT2D eigenvalue weighted by molar-refractivity contribution is 7.99. The van der Waals surface area contributed by atoms with Crippen molar-refractivity contribution in [1.29, 1.82) is 0 Å². The maximum absolute atomic E-state index is 14.5. The molecule has 0 spiro atoms. The molecule has 3 aromatic carbocycles. The number of carbonyl (C=O) groups is 1. The van der Waals surface area contributed by atoms with Crippen LogP contribution >= 0.6 is 11.8 Å². The summed E-state index contributed by atoms with van der Waals surface area (Å²) in [4.78, 5) is 30.1. The zero-order valence-electron chi connectivity index (χ0n) is 18.0. The minimum atomic E-state index is -0.539. The van der Waals surface area contributed by atoms with Gasteiger partial charge in [0.1, 0.15) is 11.6 Å². The Bertz CT molecular complexity index is 1340. The van der Waals surface area contributed by atoms with E-state index in [2.05, 4.69) is 10.3 Å². The molecule has 0 bridgehead atoms. The third kappa shape index (κ3) is 5.23. The maximum Gasteiger partial charge on any atom is 0.266 e. The predicted octanol–water partition coefficient (Wildman–Crippen LogP) is 3.98. The lowest BCUT2D eigenvalue weighted by molar-refractivity contribution is -0.118. The Labute approximate surface area is 194 Å². The highest BCUT2D eigenvalue weighted by atomic mass is 32.2. The summed E-state index contributed by atoms with van der Waals surface area (Å²) in [6.07, 6.45) is 0.675. The fourth-order valence-corrected chi connectivity index (χ4v) is 4.21. The van der Waals surface area contributed by atoms with Crippen molar-refractivity contribution in [3.8, 4) is 11.4 Å². The largest absolute Gasteiger partial charge is 0.497 e. The molecular formula is C25H22FN3O3S. The van der Waals surface area contributed by atoms with Crippen molar-refractivity contribution < 1.29 is 13.9 Å². The molecule has 168 valence electrons. The number of aromatic nitrogens is 2. The minimum absolute atomic E-state index is 0.0435. The number of nitrogens with one attached hydrogen (secondary N) is 1. The molecule has 8 heteroatoms. The van der Waals surface area contributed by atoms with Gasteiger partial charge in [0.05, 0.1) is 29.5 Å². The number of hydrogen-bond acceptors (Lipinski definition) is 5. The second-order valence-electron chi connectivity index (χ2n) is 7.24. The first kappa shape index (κ1) is 22.5. The van der Waals surface area contributed by atoms with Crippen molar-refractivity contribution in [2.45, 2.75) is 11.6 Å². The summed E-state index contributed by atoms with van der Waals surface area (Å²) < 4.78 is 20.9. The molecule has 4 rings (SSSR count). The fraction of sp³-hybridized carbons (Fsp3) is 0.160. The van der Waals surface area contributed by atoms with Crippen LogP contribution in [0.25, 0.3) is 16.6 Å². The average Bonchev–Trinajstić information content (AvgIpc) is 2.84. The van der Waals surface area contributed by atoms with Gasteiger partial charge in [0.2, 0.25) is 5.91 Å². The van der Waals surface area contributed by atoms with Crippen LogP contribution in [0.4, 0.5) is 4.39 Å². The van der Waals surface area contributed by atoms with E-state index in [-0.39, 0.29) is 28.1 Å². The van der Waals surface area contributed by atoms with Gasteiger partial charge >= 0.3 is 0 Å². The van der Waals surface area contributed by atoms with Gasteiger partial charge in [0.25, 0.3) is 5.56 Å². The van der Waals surface area contributed by atoms with Gasteiger partial charge in [-0.3, -0.25) is 14.2 Å². The van der Waals surface area contributed by atoms with Gasteiger partial charge in [0, 0.05) is 6.54 Å². The standard InChI is InChI=1S/C25H22FN3O3S/c1-32-18-12-10-17(11-13-18)14-15-27-23(30)16-33-25-28-21-8-4-2-6-19(21)24(31)29(25)22-9-5-3-7-20(22)26/h2-13H,14-16H2,1H3,(H,27,30). The van der Waals surface area contributed by atoms with Crippen LogP contribution in [0.2, 0.25) is 0 Å². The molecule has 0 fully saturated rings. The van der Waals surface area contributed by atoms with E-state index in [0.717, 1.165) is 23.1 Å². The molecule has 0 saturated carbocycles. The number of hydrogen-bond donors (Lipinski definition) is 1. The van der Waals surface area contributed by atoms with Crippen molar-refractivity contribution in [3.05, 3.63) is 94.5 Å². The van der Waals surface area contributed by atoms with Crippen LogP contribution in [0.15, 0.2) is 82.7 Å². The molecule has 0 atom stereocenters. The van der Waals surface area contributed by atoms with Crippen LogP contribution in [0.5, 0.6) is 5.75 Å². The lowest BCUT2D eigenvalue weighted by atomic mass is 10.1. The molecule has 4 aromatic rings. The van der Waals surface area contributed by atoms with E-state index in [4.69, 9.17) is 4.74 Å². The molecule has 0 saturated heterocycles. The molecule has 1 amide bonds. The fourth-order valence-electron chi connectivity index (χ4n) is 3.37. The first-order chi connectivity index (χ1) is 16.1. The highest BCUT2D eigenvalue weighted by Gasteiger charge is 2.17. The first-order valence-corrected chi connectivity index (χ1v) is 11.3. The smallest absolute Gasteiger partial charge is 0.266 e. The zero-order chi connectivity index (χ0) is 23.2. The van der Waals surface area contributed by atoms with E-state index in [1.165, 1.54) is 16.7 Å². The topological polar surface area (TPSA) is 73.2 Å². The molecule has 0 unspecified atom stereocenters. The van der Waals surface area contributed by atoms with Gasteiger partial charge in [-0.05, 0) is 48.4 Å². The summed E-state index contributed by atoms with van der Waals surface area (Å²) in [6.45, 7) is 0.469. The minimum Gasteiger partial charge on any atom is -0.497 e. The number of para-hydroxylation sites is 2. The summed E-state index contributed by atoms with van der Waals surface area (Å²) in [5, 5.41) is 3.51. The Kier molecular flexibility index (Phi) is 7.04. The van der Waals surface area contributed by atoms with Gasteiger partial charge in [0.15, 0.2) is 5.16 Å². The molecule has 1 heterocycles. The van der Waals surface area contributed by atoms with Crippen LogP contribution in [0.1, 0.15) is 5.56 Å². The lowest BCUT2D eigenvalue weighted by Crippen LogP contribution is -2.28.